The highest BCUT2D eigenvalue weighted by Crippen LogP contribution is 2.48. The van der Waals surface area contributed by atoms with Crippen molar-refractivity contribution in [2.24, 2.45) is 5.92 Å². The van der Waals surface area contributed by atoms with Gasteiger partial charge in [0.05, 0.1) is 17.9 Å². The Bertz CT molecular complexity index is 1040. The Morgan fingerprint density at radius 3 is 2.41 bits per heavy atom. The van der Waals surface area contributed by atoms with Gasteiger partial charge in [-0.25, -0.2) is 0 Å². The van der Waals surface area contributed by atoms with Gasteiger partial charge in [-0.1, -0.05) is 75.4 Å². The standard InChI is InChI=1S/C28H32N2O2/c1-19(26-15-14-23(17-29-26)32-18-20-8-6-5-7-9-20)30-27(31)25-16-24(25)21-10-12-22(13-11-21)28(2,3)4/h5-15,17,19,24-25H,16,18H2,1-4H3,(H,30,31)/t19-,24?,25?/m1/s1. The van der Waals surface area contributed by atoms with E-state index in [1.54, 1.807) is 6.20 Å². The molecule has 1 amide bonds. The maximum atomic E-state index is 12.8. The van der Waals surface area contributed by atoms with Crippen LogP contribution in [0.1, 0.15) is 68.5 Å². The lowest BCUT2D eigenvalue weighted by Gasteiger charge is -2.19. The minimum Gasteiger partial charge on any atom is -0.487 e. The van der Waals surface area contributed by atoms with Gasteiger partial charge in [-0.15, -0.1) is 0 Å². The van der Waals surface area contributed by atoms with Gasteiger partial charge in [0, 0.05) is 5.92 Å². The second kappa shape index (κ2) is 9.15. The van der Waals surface area contributed by atoms with E-state index in [0.29, 0.717) is 12.5 Å². The largest absolute Gasteiger partial charge is 0.487 e. The SMILES string of the molecule is C[C@@H](NC(=O)C1CC1c1ccc(C(C)(C)C)cc1)c1ccc(OCc2ccccc2)cn1. The molecule has 0 spiro atoms. The molecule has 1 aliphatic rings. The number of benzene rings is 2. The lowest BCUT2D eigenvalue weighted by molar-refractivity contribution is -0.123. The zero-order chi connectivity index (χ0) is 22.7. The first kappa shape index (κ1) is 22.1. The molecule has 1 heterocycles. The van der Waals surface area contributed by atoms with Crippen LogP contribution >= 0.6 is 0 Å². The number of nitrogens with one attached hydrogen (secondary N) is 1. The van der Waals surface area contributed by atoms with Crippen LogP contribution < -0.4 is 10.1 Å². The average Bonchev–Trinajstić information content (AvgIpc) is 3.59. The molecule has 32 heavy (non-hydrogen) atoms. The van der Waals surface area contributed by atoms with Crippen LogP contribution in [-0.4, -0.2) is 10.9 Å². The third kappa shape index (κ3) is 5.37. The summed E-state index contributed by atoms with van der Waals surface area (Å²) >= 11 is 0. The van der Waals surface area contributed by atoms with Crippen molar-refractivity contribution in [3.63, 3.8) is 0 Å². The Balaban J connectivity index is 1.28. The van der Waals surface area contributed by atoms with E-state index in [4.69, 9.17) is 4.74 Å². The Labute approximate surface area is 191 Å². The van der Waals surface area contributed by atoms with Crippen molar-refractivity contribution >= 4 is 5.91 Å². The van der Waals surface area contributed by atoms with Gasteiger partial charge in [-0.3, -0.25) is 9.78 Å². The molecule has 0 saturated heterocycles. The Morgan fingerprint density at radius 2 is 1.78 bits per heavy atom. The van der Waals surface area contributed by atoms with Crippen molar-refractivity contribution in [3.8, 4) is 5.75 Å². The fraction of sp³-hybridized carbons (Fsp3) is 0.357. The van der Waals surface area contributed by atoms with E-state index in [2.05, 4.69) is 55.3 Å². The van der Waals surface area contributed by atoms with E-state index in [0.717, 1.165) is 23.4 Å². The summed E-state index contributed by atoms with van der Waals surface area (Å²) in [7, 11) is 0. The number of rotatable bonds is 7. The molecule has 166 valence electrons. The van der Waals surface area contributed by atoms with Crippen molar-refractivity contribution in [1.29, 1.82) is 0 Å². The first-order chi connectivity index (χ1) is 15.3. The van der Waals surface area contributed by atoms with Gasteiger partial charge >= 0.3 is 0 Å². The summed E-state index contributed by atoms with van der Waals surface area (Å²) in [5.41, 5.74) is 4.66. The zero-order valence-corrected chi connectivity index (χ0v) is 19.3. The zero-order valence-electron chi connectivity index (χ0n) is 19.3. The summed E-state index contributed by atoms with van der Waals surface area (Å²) in [5, 5.41) is 3.13. The van der Waals surface area contributed by atoms with E-state index in [1.807, 2.05) is 49.4 Å². The van der Waals surface area contributed by atoms with E-state index >= 15 is 0 Å². The molecule has 0 radical (unpaired) electrons. The lowest BCUT2D eigenvalue weighted by Crippen LogP contribution is -2.28. The summed E-state index contributed by atoms with van der Waals surface area (Å²) < 4.78 is 5.80. The average molecular weight is 429 g/mol. The van der Waals surface area contributed by atoms with Crippen LogP contribution in [0, 0.1) is 5.92 Å². The predicted molar refractivity (Wildman–Crippen MR) is 128 cm³/mol. The minimum atomic E-state index is -0.143. The molecule has 1 N–H and O–H groups in total. The molecule has 4 nitrogen and oxygen atoms in total. The molecule has 1 fully saturated rings. The quantitative estimate of drug-likeness (QED) is 0.507. The number of ether oxygens (including phenoxy) is 1. The number of hydrogen-bond acceptors (Lipinski definition) is 3. The molecule has 0 bridgehead atoms. The predicted octanol–water partition coefficient (Wildman–Crippen LogP) is 5.94. The molecule has 1 aromatic heterocycles. The number of carbonyl (C=O) groups excluding carboxylic acids is 1. The first-order valence-corrected chi connectivity index (χ1v) is 11.3. The number of carbonyl (C=O) groups is 1. The van der Waals surface area contributed by atoms with Crippen molar-refractivity contribution in [3.05, 3.63) is 95.3 Å². The van der Waals surface area contributed by atoms with Gasteiger partial charge in [-0.05, 0) is 53.5 Å². The van der Waals surface area contributed by atoms with Crippen molar-refractivity contribution in [2.45, 2.75) is 58.1 Å². The van der Waals surface area contributed by atoms with Gasteiger partial charge < -0.3 is 10.1 Å². The Kier molecular flexibility index (Phi) is 6.31. The van der Waals surface area contributed by atoms with E-state index in [-0.39, 0.29) is 23.3 Å². The molecule has 2 aromatic carbocycles. The molecule has 4 heteroatoms. The van der Waals surface area contributed by atoms with Gasteiger partial charge in [-0.2, -0.15) is 0 Å². The molecule has 3 aromatic rings. The van der Waals surface area contributed by atoms with Crippen LogP contribution in [0.3, 0.4) is 0 Å². The van der Waals surface area contributed by atoms with Crippen molar-refractivity contribution < 1.29 is 9.53 Å². The summed E-state index contributed by atoms with van der Waals surface area (Å²) in [6, 6.07) is 22.5. The Morgan fingerprint density at radius 1 is 1.06 bits per heavy atom. The van der Waals surface area contributed by atoms with E-state index in [1.165, 1.54) is 11.1 Å². The van der Waals surface area contributed by atoms with Crippen LogP contribution in [0.2, 0.25) is 0 Å². The van der Waals surface area contributed by atoms with Gasteiger partial charge in [0.2, 0.25) is 5.91 Å². The molecule has 2 unspecified atom stereocenters. The third-order valence-electron chi connectivity index (χ3n) is 6.14. The maximum Gasteiger partial charge on any atom is 0.224 e. The second-order valence-electron chi connectivity index (χ2n) is 9.74. The lowest BCUT2D eigenvalue weighted by atomic mass is 9.86. The monoisotopic (exact) mass is 428 g/mol. The van der Waals surface area contributed by atoms with Crippen LogP contribution in [0.4, 0.5) is 0 Å². The fourth-order valence-electron chi connectivity index (χ4n) is 3.95. The summed E-state index contributed by atoms with van der Waals surface area (Å²) in [6.07, 6.45) is 2.63. The highest BCUT2D eigenvalue weighted by molar-refractivity contribution is 5.83. The highest BCUT2D eigenvalue weighted by atomic mass is 16.5. The smallest absolute Gasteiger partial charge is 0.224 e. The van der Waals surface area contributed by atoms with Gasteiger partial charge in [0.25, 0.3) is 0 Å². The van der Waals surface area contributed by atoms with Crippen LogP contribution in [0.15, 0.2) is 72.9 Å². The van der Waals surface area contributed by atoms with Crippen molar-refractivity contribution in [2.75, 3.05) is 0 Å². The van der Waals surface area contributed by atoms with Crippen LogP contribution in [-0.2, 0) is 16.8 Å². The number of hydrogen-bond donors (Lipinski definition) is 1. The molecule has 1 saturated carbocycles. The number of amides is 1. The topological polar surface area (TPSA) is 51.2 Å². The molecule has 0 aliphatic heterocycles. The van der Waals surface area contributed by atoms with E-state index < -0.39 is 0 Å². The normalized spacial score (nSPS) is 18.6. The first-order valence-electron chi connectivity index (χ1n) is 11.3. The van der Waals surface area contributed by atoms with E-state index in [9.17, 15) is 4.79 Å². The number of aromatic nitrogens is 1. The maximum absolute atomic E-state index is 12.8. The minimum absolute atomic E-state index is 0.0476. The number of nitrogens with zero attached hydrogens (tertiary/aromatic N) is 1. The molecular formula is C28H32N2O2. The molecule has 1 aliphatic carbocycles. The highest BCUT2D eigenvalue weighted by Gasteiger charge is 2.44. The van der Waals surface area contributed by atoms with Crippen molar-refractivity contribution in [1.82, 2.24) is 10.3 Å². The molecular weight excluding hydrogens is 396 g/mol. The number of pyridine rings is 1. The second-order valence-corrected chi connectivity index (χ2v) is 9.74. The summed E-state index contributed by atoms with van der Waals surface area (Å²) in [6.45, 7) is 9.13. The van der Waals surface area contributed by atoms with Gasteiger partial charge in [0.1, 0.15) is 12.4 Å². The third-order valence-corrected chi connectivity index (χ3v) is 6.14. The Hall–Kier alpha value is -3.14. The summed E-state index contributed by atoms with van der Waals surface area (Å²) in [4.78, 5) is 17.3. The molecule has 3 atom stereocenters. The fourth-order valence-corrected chi connectivity index (χ4v) is 3.95. The van der Waals surface area contributed by atoms with Crippen LogP contribution in [0.25, 0.3) is 0 Å². The summed E-state index contributed by atoms with van der Waals surface area (Å²) in [5.74, 6) is 1.19. The van der Waals surface area contributed by atoms with Crippen LogP contribution in [0.5, 0.6) is 5.75 Å². The van der Waals surface area contributed by atoms with Gasteiger partial charge in [0.15, 0.2) is 0 Å². The molecule has 4 rings (SSSR count).